The highest BCUT2D eigenvalue weighted by molar-refractivity contribution is 7.92. The van der Waals surface area contributed by atoms with Crippen LogP contribution in [0.2, 0.25) is 15.1 Å². The van der Waals surface area contributed by atoms with Crippen LogP contribution in [0, 0.1) is 17.0 Å². The first-order chi connectivity index (χ1) is 21.2. The smallest absolute Gasteiger partial charge is 0.273 e. The number of nitro benzene ring substituents is 1. The molecule has 45 heavy (non-hydrogen) atoms. The predicted molar refractivity (Wildman–Crippen MR) is 175 cm³/mol. The molecule has 0 saturated carbocycles. The lowest BCUT2D eigenvalue weighted by Gasteiger charge is -2.32. The largest absolute Gasteiger partial charge is 0.495 e. The molecule has 0 fully saturated rings. The Morgan fingerprint density at radius 3 is 2.38 bits per heavy atom. The molecule has 1 N–H and O–H groups in total. The molecular formula is C30H33Cl3N4O7S. The number of sulfonamides is 1. The number of carbonyl (C=O) groups is 2. The summed E-state index contributed by atoms with van der Waals surface area (Å²) in [6.45, 7) is 4.43. The van der Waals surface area contributed by atoms with Crippen LogP contribution in [0.5, 0.6) is 5.75 Å². The molecule has 0 aromatic heterocycles. The number of unbranched alkanes of at least 4 members (excludes halogenated alkanes) is 1. The molecule has 0 heterocycles. The van der Waals surface area contributed by atoms with Crippen molar-refractivity contribution in [2.45, 2.75) is 51.1 Å². The molecule has 242 valence electrons. The first-order valence-corrected chi connectivity index (χ1v) is 16.4. The molecule has 11 nitrogen and oxygen atoms in total. The molecule has 0 radical (unpaired) electrons. The fourth-order valence-corrected chi connectivity index (χ4v) is 6.32. The third-order valence-corrected chi connectivity index (χ3v) is 9.72. The Labute approximate surface area is 277 Å². The Kier molecular flexibility index (Phi) is 12.5. The molecule has 3 aromatic rings. The highest BCUT2D eigenvalue weighted by Crippen LogP contribution is 2.36. The number of benzene rings is 3. The summed E-state index contributed by atoms with van der Waals surface area (Å²) in [5.74, 6) is -1.13. The van der Waals surface area contributed by atoms with Gasteiger partial charge in [-0.25, -0.2) is 8.42 Å². The maximum atomic E-state index is 14.2. The minimum absolute atomic E-state index is 0.0683. The summed E-state index contributed by atoms with van der Waals surface area (Å²) in [6.07, 6.45) is 1.56. The standard InChI is InChI=1S/C30H33Cl3N4O7S/c1-5-6-13-34-30(39)20(3)35(17-21-8-11-24(32)25(33)14-21)29(38)18-36(27-15-22(31)9-12-28(27)44-4)45(42,43)23-10-7-19(2)26(16-23)37(40)41/h7-12,14-16,20H,5-6,13,17-18H2,1-4H3,(H,34,39). The summed E-state index contributed by atoms with van der Waals surface area (Å²) in [5.41, 5.74) is 0.280. The van der Waals surface area contributed by atoms with E-state index < -0.39 is 49.9 Å². The van der Waals surface area contributed by atoms with E-state index in [0.717, 1.165) is 23.2 Å². The highest BCUT2D eigenvalue weighted by Gasteiger charge is 2.35. The molecule has 1 atom stereocenters. The van der Waals surface area contributed by atoms with Gasteiger partial charge in [0.25, 0.3) is 15.7 Å². The number of ether oxygens (including phenoxy) is 1. The zero-order valence-electron chi connectivity index (χ0n) is 25.1. The van der Waals surface area contributed by atoms with Crippen LogP contribution >= 0.6 is 34.8 Å². The Balaban J connectivity index is 2.15. The van der Waals surface area contributed by atoms with Crippen molar-refractivity contribution in [3.8, 4) is 5.75 Å². The normalized spacial score (nSPS) is 11.9. The second kappa shape index (κ2) is 15.6. The molecular weight excluding hydrogens is 667 g/mol. The van der Waals surface area contributed by atoms with E-state index >= 15 is 0 Å². The number of nitro groups is 1. The van der Waals surface area contributed by atoms with Gasteiger partial charge in [-0.1, -0.05) is 60.3 Å². The lowest BCUT2D eigenvalue weighted by molar-refractivity contribution is -0.385. The number of aryl methyl sites for hydroxylation is 1. The van der Waals surface area contributed by atoms with E-state index in [1.807, 2.05) is 6.92 Å². The van der Waals surface area contributed by atoms with Crippen molar-refractivity contribution in [1.29, 1.82) is 0 Å². The van der Waals surface area contributed by atoms with Crippen molar-refractivity contribution < 1.29 is 27.7 Å². The van der Waals surface area contributed by atoms with Gasteiger partial charge in [0.2, 0.25) is 11.8 Å². The van der Waals surface area contributed by atoms with E-state index in [0.29, 0.717) is 17.1 Å². The molecule has 15 heteroatoms. The summed E-state index contributed by atoms with van der Waals surface area (Å²) in [7, 11) is -3.34. The van der Waals surface area contributed by atoms with Gasteiger partial charge in [0, 0.05) is 29.7 Å². The number of methoxy groups -OCH3 is 1. The molecule has 0 bridgehead atoms. The van der Waals surface area contributed by atoms with Crippen LogP contribution in [0.25, 0.3) is 0 Å². The summed E-state index contributed by atoms with van der Waals surface area (Å²) in [5, 5.41) is 15.1. The summed E-state index contributed by atoms with van der Waals surface area (Å²) >= 11 is 18.5. The second-order valence-corrected chi connectivity index (χ2v) is 13.2. The predicted octanol–water partition coefficient (Wildman–Crippen LogP) is 6.40. The number of hydrogen-bond acceptors (Lipinski definition) is 7. The zero-order chi connectivity index (χ0) is 33.5. The van der Waals surface area contributed by atoms with Gasteiger partial charge < -0.3 is 15.0 Å². The van der Waals surface area contributed by atoms with Gasteiger partial charge in [-0.3, -0.25) is 24.0 Å². The van der Waals surface area contributed by atoms with Gasteiger partial charge >= 0.3 is 0 Å². The SMILES string of the molecule is CCCCNC(=O)C(C)N(Cc1ccc(Cl)c(Cl)c1)C(=O)CN(c1cc(Cl)ccc1OC)S(=O)(=O)c1ccc(C)c([N+](=O)[O-])c1. The van der Waals surface area contributed by atoms with Crippen molar-refractivity contribution in [3.05, 3.63) is 90.9 Å². The van der Waals surface area contributed by atoms with Gasteiger partial charge in [0.05, 0.1) is 32.7 Å². The molecule has 0 saturated heterocycles. The van der Waals surface area contributed by atoms with E-state index in [4.69, 9.17) is 39.5 Å². The van der Waals surface area contributed by atoms with Crippen LogP contribution in [0.1, 0.15) is 37.8 Å². The van der Waals surface area contributed by atoms with Gasteiger partial charge in [-0.15, -0.1) is 0 Å². The minimum atomic E-state index is -4.65. The number of rotatable bonds is 14. The second-order valence-electron chi connectivity index (χ2n) is 10.1. The third-order valence-electron chi connectivity index (χ3n) is 6.99. The maximum absolute atomic E-state index is 14.2. The van der Waals surface area contributed by atoms with Crippen molar-refractivity contribution in [3.63, 3.8) is 0 Å². The summed E-state index contributed by atoms with van der Waals surface area (Å²) < 4.78 is 34.6. The van der Waals surface area contributed by atoms with Crippen molar-refractivity contribution in [2.75, 3.05) is 24.5 Å². The number of halogens is 3. The first kappa shape index (κ1) is 35.9. The van der Waals surface area contributed by atoms with Crippen LogP contribution in [-0.4, -0.2) is 56.3 Å². The quantitative estimate of drug-likeness (QED) is 0.117. The number of anilines is 1. The average molecular weight is 700 g/mol. The number of amides is 2. The first-order valence-electron chi connectivity index (χ1n) is 13.8. The van der Waals surface area contributed by atoms with Crippen LogP contribution < -0.4 is 14.4 Å². The van der Waals surface area contributed by atoms with E-state index in [1.165, 1.54) is 56.2 Å². The Hall–Kier alpha value is -3.58. The molecule has 2 amide bonds. The van der Waals surface area contributed by atoms with Crippen LogP contribution in [0.4, 0.5) is 11.4 Å². The fourth-order valence-electron chi connectivity index (χ4n) is 4.40. The summed E-state index contributed by atoms with van der Waals surface area (Å²) in [4.78, 5) is 39.0. The van der Waals surface area contributed by atoms with E-state index in [-0.39, 0.29) is 33.6 Å². The van der Waals surface area contributed by atoms with Gasteiger partial charge in [-0.2, -0.15) is 0 Å². The fraction of sp³-hybridized carbons (Fsp3) is 0.333. The monoisotopic (exact) mass is 698 g/mol. The van der Waals surface area contributed by atoms with E-state index in [2.05, 4.69) is 5.32 Å². The highest BCUT2D eigenvalue weighted by atomic mass is 35.5. The Morgan fingerprint density at radius 2 is 1.76 bits per heavy atom. The van der Waals surface area contributed by atoms with Crippen molar-refractivity contribution in [2.24, 2.45) is 0 Å². The molecule has 0 aliphatic rings. The molecule has 0 aliphatic carbocycles. The minimum Gasteiger partial charge on any atom is -0.495 e. The zero-order valence-corrected chi connectivity index (χ0v) is 28.1. The van der Waals surface area contributed by atoms with Crippen molar-refractivity contribution in [1.82, 2.24) is 10.2 Å². The summed E-state index contributed by atoms with van der Waals surface area (Å²) in [6, 6.07) is 11.4. The van der Waals surface area contributed by atoms with Crippen LogP contribution in [0.15, 0.2) is 59.5 Å². The van der Waals surface area contributed by atoms with Gasteiger partial charge in [0.15, 0.2) is 0 Å². The molecule has 3 aromatic carbocycles. The molecule has 0 aliphatic heterocycles. The molecule has 0 spiro atoms. The van der Waals surface area contributed by atoms with Gasteiger partial charge in [-0.05, 0) is 62.2 Å². The number of carbonyl (C=O) groups excluding carboxylic acids is 2. The van der Waals surface area contributed by atoms with Gasteiger partial charge in [0.1, 0.15) is 18.3 Å². The third kappa shape index (κ3) is 8.78. The van der Waals surface area contributed by atoms with Crippen molar-refractivity contribution >= 4 is 68.0 Å². The lowest BCUT2D eigenvalue weighted by atomic mass is 10.1. The number of nitrogens with one attached hydrogen (secondary N) is 1. The van der Waals surface area contributed by atoms with Crippen LogP contribution in [-0.2, 0) is 26.2 Å². The molecule has 1 unspecified atom stereocenters. The number of nitrogens with zero attached hydrogens (tertiary/aromatic N) is 3. The topological polar surface area (TPSA) is 139 Å². The Morgan fingerprint density at radius 1 is 1.04 bits per heavy atom. The Bertz CT molecular complexity index is 1690. The van der Waals surface area contributed by atoms with E-state index in [1.54, 1.807) is 18.2 Å². The van der Waals surface area contributed by atoms with Crippen LogP contribution in [0.3, 0.4) is 0 Å². The number of hydrogen-bond donors (Lipinski definition) is 1. The lowest BCUT2D eigenvalue weighted by Crippen LogP contribution is -2.51. The molecule has 3 rings (SSSR count). The maximum Gasteiger partial charge on any atom is 0.273 e. The van der Waals surface area contributed by atoms with E-state index in [9.17, 15) is 28.1 Å². The average Bonchev–Trinajstić information content (AvgIpc) is 2.99.